The average Bonchev–Trinajstić information content (AvgIpc) is 3.35. The molecule has 2 saturated heterocycles. The van der Waals surface area contributed by atoms with E-state index < -0.39 is 17.2 Å². The maximum atomic E-state index is 13.7. The smallest absolute Gasteiger partial charge is 0.417 e. The summed E-state index contributed by atoms with van der Waals surface area (Å²) in [6.45, 7) is 6.11. The van der Waals surface area contributed by atoms with Crippen molar-refractivity contribution in [2.24, 2.45) is 17.3 Å². The fraction of sp³-hybridized carbons (Fsp3) is 0.720. The predicted molar refractivity (Wildman–Crippen MR) is 117 cm³/mol. The Hall–Kier alpha value is -2.16. The minimum Gasteiger partial charge on any atom is -0.466 e. The molecule has 1 aliphatic carbocycles. The van der Waals surface area contributed by atoms with Gasteiger partial charge in [0.1, 0.15) is 0 Å². The summed E-state index contributed by atoms with van der Waals surface area (Å²) in [5.74, 6) is -0.0649. The molecule has 0 bridgehead atoms. The molecule has 4 aliphatic rings. The monoisotopic (exact) mass is 479 g/mol. The zero-order valence-corrected chi connectivity index (χ0v) is 19.7. The quantitative estimate of drug-likeness (QED) is 0.617. The van der Waals surface area contributed by atoms with Crippen molar-refractivity contribution >= 4 is 11.9 Å². The Balaban J connectivity index is 1.32. The van der Waals surface area contributed by atoms with Crippen molar-refractivity contribution in [2.75, 3.05) is 19.7 Å². The summed E-state index contributed by atoms with van der Waals surface area (Å²) in [7, 11) is 0. The molecule has 4 heterocycles. The van der Waals surface area contributed by atoms with Crippen LogP contribution in [0.4, 0.5) is 13.2 Å². The molecule has 0 aromatic carbocycles. The molecule has 4 unspecified atom stereocenters. The molecule has 3 fully saturated rings. The minimum absolute atomic E-state index is 0.0309. The zero-order valence-electron chi connectivity index (χ0n) is 19.7. The van der Waals surface area contributed by atoms with E-state index in [0.717, 1.165) is 50.9 Å². The number of likely N-dealkylation sites (tertiary alicyclic amines) is 1. The molecule has 6 nitrogen and oxygen atoms in total. The third-order valence-corrected chi connectivity index (χ3v) is 8.78. The average molecular weight is 480 g/mol. The number of hydrogen-bond donors (Lipinski definition) is 0. The highest BCUT2D eigenvalue weighted by Crippen LogP contribution is 2.55. The van der Waals surface area contributed by atoms with Gasteiger partial charge in [-0.1, -0.05) is 6.92 Å². The van der Waals surface area contributed by atoms with Crippen molar-refractivity contribution in [1.29, 1.82) is 0 Å². The highest BCUT2D eigenvalue weighted by atomic mass is 19.4. The summed E-state index contributed by atoms with van der Waals surface area (Å²) >= 11 is 0. The molecule has 1 saturated carbocycles. The summed E-state index contributed by atoms with van der Waals surface area (Å²) in [4.78, 5) is 34.4. The molecule has 5 atom stereocenters. The Kier molecular flexibility index (Phi) is 5.89. The van der Waals surface area contributed by atoms with Crippen molar-refractivity contribution in [2.45, 2.75) is 77.2 Å². The van der Waals surface area contributed by atoms with Crippen LogP contribution < -0.4 is 0 Å². The molecular weight excluding hydrogens is 447 g/mol. The van der Waals surface area contributed by atoms with E-state index in [1.165, 1.54) is 0 Å². The van der Waals surface area contributed by atoms with Gasteiger partial charge in [0.15, 0.2) is 0 Å². The van der Waals surface area contributed by atoms with E-state index in [0.29, 0.717) is 30.8 Å². The number of aromatic nitrogens is 1. The molecule has 3 aliphatic heterocycles. The maximum Gasteiger partial charge on any atom is 0.417 e. The first-order chi connectivity index (χ1) is 16.1. The van der Waals surface area contributed by atoms with Crippen molar-refractivity contribution < 1.29 is 27.5 Å². The molecule has 9 heteroatoms. The third kappa shape index (κ3) is 3.80. The molecule has 1 aromatic rings. The van der Waals surface area contributed by atoms with Crippen LogP contribution in [0.1, 0.15) is 62.8 Å². The fourth-order valence-electron chi connectivity index (χ4n) is 6.90. The van der Waals surface area contributed by atoms with Gasteiger partial charge in [-0.2, -0.15) is 13.2 Å². The van der Waals surface area contributed by atoms with Gasteiger partial charge < -0.3 is 9.64 Å². The number of piperidine rings is 1. The van der Waals surface area contributed by atoms with E-state index in [9.17, 15) is 22.8 Å². The number of fused-ring (bicyclic) bond motifs is 2. The molecule has 1 spiro atoms. The summed E-state index contributed by atoms with van der Waals surface area (Å²) in [6.07, 6.45) is 1.16. The maximum absolute atomic E-state index is 13.7. The van der Waals surface area contributed by atoms with Crippen LogP contribution in [0.25, 0.3) is 0 Å². The Morgan fingerprint density at radius 2 is 2.12 bits per heavy atom. The van der Waals surface area contributed by atoms with E-state index in [1.807, 2.05) is 11.8 Å². The Morgan fingerprint density at radius 3 is 2.85 bits per heavy atom. The number of hydrogen-bond acceptors (Lipinski definition) is 5. The van der Waals surface area contributed by atoms with Crippen LogP contribution in [0.15, 0.2) is 12.3 Å². The van der Waals surface area contributed by atoms with Crippen LogP contribution in [0, 0.1) is 17.3 Å². The molecule has 186 valence electrons. The van der Waals surface area contributed by atoms with Crippen LogP contribution in [0.2, 0.25) is 0 Å². The predicted octanol–water partition coefficient (Wildman–Crippen LogP) is 3.82. The molecule has 1 aromatic heterocycles. The number of ether oxygens (including phenoxy) is 1. The number of amides is 1. The van der Waals surface area contributed by atoms with Crippen molar-refractivity contribution in [3.05, 3.63) is 29.1 Å². The van der Waals surface area contributed by atoms with Gasteiger partial charge in [0.2, 0.25) is 5.91 Å². The molecule has 1 amide bonds. The van der Waals surface area contributed by atoms with Crippen LogP contribution >= 0.6 is 0 Å². The number of carbonyl (C=O) groups excluding carboxylic acids is 2. The number of nitrogens with zero attached hydrogens (tertiary/aromatic N) is 3. The van der Waals surface area contributed by atoms with Crippen LogP contribution in [-0.4, -0.2) is 58.4 Å². The first-order valence-corrected chi connectivity index (χ1v) is 12.4. The Labute approximate surface area is 197 Å². The zero-order chi connectivity index (χ0) is 24.3. The lowest BCUT2D eigenvalue weighted by Gasteiger charge is -2.37. The normalized spacial score (nSPS) is 33.8. The van der Waals surface area contributed by atoms with Gasteiger partial charge in [-0.25, -0.2) is 0 Å². The SMILES string of the molecule is CCOC(=O)C1CCCN(C2CC[C@@]3(C2)C(=O)N2Cc4cc(C(F)(F)F)cnc4CC2C3C)C1. The first kappa shape index (κ1) is 23.6. The molecule has 34 heavy (non-hydrogen) atoms. The second-order valence-corrected chi connectivity index (χ2v) is 10.5. The highest BCUT2D eigenvalue weighted by molar-refractivity contribution is 5.87. The second kappa shape index (κ2) is 8.50. The van der Waals surface area contributed by atoms with E-state index >= 15 is 0 Å². The van der Waals surface area contributed by atoms with Crippen LogP contribution in [-0.2, 0) is 33.5 Å². The molecular formula is C25H32F3N3O3. The summed E-state index contributed by atoms with van der Waals surface area (Å²) < 4.78 is 44.8. The van der Waals surface area contributed by atoms with Gasteiger partial charge in [-0.3, -0.25) is 19.5 Å². The summed E-state index contributed by atoms with van der Waals surface area (Å²) in [5.41, 5.74) is -0.0668. The molecule has 0 N–H and O–H groups in total. The molecule has 0 radical (unpaired) electrons. The van der Waals surface area contributed by atoms with Crippen LogP contribution in [0.3, 0.4) is 0 Å². The lowest BCUT2D eigenvalue weighted by atomic mass is 9.73. The number of carbonyl (C=O) groups is 2. The van der Waals surface area contributed by atoms with E-state index in [4.69, 9.17) is 4.74 Å². The van der Waals surface area contributed by atoms with E-state index in [-0.39, 0.29) is 42.3 Å². The number of halogens is 3. The standard InChI is InChI=1S/C25H32F3N3O3/c1-3-34-22(32)16-5-4-8-30(13-16)19-6-7-24(11-19)15(2)21-10-20-17(14-31(21)23(24)33)9-18(12-29-20)25(26,27)28/h9,12,15-16,19,21H,3-8,10-11,13-14H2,1-2H3/t15?,16?,19?,21?,24-/m0/s1. The Bertz CT molecular complexity index is 984. The van der Waals surface area contributed by atoms with Gasteiger partial charge >= 0.3 is 12.1 Å². The van der Waals surface area contributed by atoms with Crippen molar-refractivity contribution in [1.82, 2.24) is 14.8 Å². The van der Waals surface area contributed by atoms with Crippen LogP contribution in [0.5, 0.6) is 0 Å². The highest BCUT2D eigenvalue weighted by Gasteiger charge is 2.61. The van der Waals surface area contributed by atoms with Gasteiger partial charge in [-0.05, 0) is 63.1 Å². The number of alkyl halides is 3. The van der Waals surface area contributed by atoms with Gasteiger partial charge in [-0.15, -0.1) is 0 Å². The van der Waals surface area contributed by atoms with Crippen molar-refractivity contribution in [3.63, 3.8) is 0 Å². The first-order valence-electron chi connectivity index (χ1n) is 12.4. The lowest BCUT2D eigenvalue weighted by Crippen LogP contribution is -2.45. The fourth-order valence-corrected chi connectivity index (χ4v) is 6.90. The lowest BCUT2D eigenvalue weighted by molar-refractivity contribution is -0.150. The molecule has 5 rings (SSSR count). The topological polar surface area (TPSA) is 62.7 Å². The van der Waals surface area contributed by atoms with E-state index in [2.05, 4.69) is 16.8 Å². The van der Waals surface area contributed by atoms with Gasteiger partial charge in [0.05, 0.1) is 23.5 Å². The number of esters is 1. The minimum atomic E-state index is -4.45. The van der Waals surface area contributed by atoms with Crippen molar-refractivity contribution in [3.8, 4) is 0 Å². The summed E-state index contributed by atoms with van der Waals surface area (Å²) in [6, 6.07) is 1.36. The third-order valence-electron chi connectivity index (χ3n) is 8.78. The van der Waals surface area contributed by atoms with E-state index in [1.54, 1.807) is 0 Å². The van der Waals surface area contributed by atoms with Gasteiger partial charge in [0, 0.05) is 43.5 Å². The largest absolute Gasteiger partial charge is 0.466 e. The Morgan fingerprint density at radius 1 is 1.32 bits per heavy atom. The number of rotatable bonds is 3. The second-order valence-electron chi connectivity index (χ2n) is 10.5. The van der Waals surface area contributed by atoms with Gasteiger partial charge in [0.25, 0.3) is 0 Å². The summed E-state index contributed by atoms with van der Waals surface area (Å²) in [5, 5.41) is 0. The number of pyridine rings is 1.